The van der Waals surface area contributed by atoms with Crippen molar-refractivity contribution in [2.24, 2.45) is 0 Å². The maximum Gasteiger partial charge on any atom is 0.305 e. The lowest BCUT2D eigenvalue weighted by molar-refractivity contribution is -0.143. The summed E-state index contributed by atoms with van der Waals surface area (Å²) in [5, 5.41) is 0. The predicted molar refractivity (Wildman–Crippen MR) is 161 cm³/mol. The molecule has 0 amide bonds. The zero-order chi connectivity index (χ0) is 26.2. The summed E-state index contributed by atoms with van der Waals surface area (Å²) in [5.74, 6) is -0.00367. The van der Waals surface area contributed by atoms with Crippen molar-refractivity contribution >= 4 is 5.97 Å². The van der Waals surface area contributed by atoms with E-state index in [1.54, 1.807) is 0 Å². The van der Waals surface area contributed by atoms with Crippen LogP contribution in [0.3, 0.4) is 0 Å². The van der Waals surface area contributed by atoms with Crippen LogP contribution in [0.2, 0.25) is 0 Å². The number of esters is 1. The Balaban J connectivity index is 3.12. The summed E-state index contributed by atoms with van der Waals surface area (Å²) < 4.78 is 5.33. The second-order valence-corrected chi connectivity index (χ2v) is 11.2. The highest BCUT2D eigenvalue weighted by Gasteiger charge is 2.02. The standard InChI is InChI=1S/C34H66O2/c1-3-5-7-9-11-12-13-14-15-16-17-18-19-20-21-22-23-24-25-26-27-28-30-32-34(35)36-33-31-29-10-8-6-4-2/h8,10H,3-7,9,11-33H2,1-2H3/b10-8+. The second-order valence-electron chi connectivity index (χ2n) is 11.2. The van der Waals surface area contributed by atoms with Crippen molar-refractivity contribution < 1.29 is 9.53 Å². The summed E-state index contributed by atoms with van der Waals surface area (Å²) >= 11 is 0. The summed E-state index contributed by atoms with van der Waals surface area (Å²) in [6, 6.07) is 0. The predicted octanol–water partition coefficient (Wildman–Crippen LogP) is 12.0. The Bertz CT molecular complexity index is 442. The molecule has 0 aromatic rings. The average Bonchev–Trinajstić information content (AvgIpc) is 2.88. The summed E-state index contributed by atoms with van der Waals surface area (Å²) in [4.78, 5) is 11.8. The summed E-state index contributed by atoms with van der Waals surface area (Å²) in [7, 11) is 0. The van der Waals surface area contributed by atoms with Gasteiger partial charge in [0.25, 0.3) is 0 Å². The smallest absolute Gasteiger partial charge is 0.305 e. The number of ether oxygens (including phenoxy) is 1. The highest BCUT2D eigenvalue weighted by molar-refractivity contribution is 5.69. The normalized spacial score (nSPS) is 11.5. The first-order valence-corrected chi connectivity index (χ1v) is 16.6. The second kappa shape index (κ2) is 32.2. The fourth-order valence-electron chi connectivity index (χ4n) is 4.92. The molecule has 214 valence electrons. The number of unbranched alkanes of at least 4 members (excludes halogenated alkanes) is 24. The molecule has 0 radical (unpaired) electrons. The Hall–Kier alpha value is -0.790. The van der Waals surface area contributed by atoms with Crippen LogP contribution in [0.5, 0.6) is 0 Å². The third-order valence-electron chi connectivity index (χ3n) is 7.38. The van der Waals surface area contributed by atoms with E-state index in [1.165, 1.54) is 148 Å². The van der Waals surface area contributed by atoms with Gasteiger partial charge in [-0.25, -0.2) is 0 Å². The van der Waals surface area contributed by atoms with Gasteiger partial charge in [0.15, 0.2) is 0 Å². The molecule has 0 aromatic heterocycles. The Labute approximate surface area is 227 Å². The molecule has 0 unspecified atom stereocenters. The lowest BCUT2D eigenvalue weighted by Gasteiger charge is -2.05. The fourth-order valence-corrected chi connectivity index (χ4v) is 4.92. The van der Waals surface area contributed by atoms with Gasteiger partial charge in [0.05, 0.1) is 6.61 Å². The third kappa shape index (κ3) is 31.2. The third-order valence-corrected chi connectivity index (χ3v) is 7.38. The molecule has 36 heavy (non-hydrogen) atoms. The van der Waals surface area contributed by atoms with Crippen molar-refractivity contribution in [3.63, 3.8) is 0 Å². The summed E-state index contributed by atoms with van der Waals surface area (Å²) in [6.45, 7) is 5.06. The van der Waals surface area contributed by atoms with Gasteiger partial charge in [0.1, 0.15) is 0 Å². The molecule has 0 spiro atoms. The molecule has 2 heteroatoms. The average molecular weight is 507 g/mol. The number of allylic oxidation sites excluding steroid dienone is 2. The maximum absolute atomic E-state index is 11.8. The molecular formula is C34H66O2. The highest BCUT2D eigenvalue weighted by Crippen LogP contribution is 2.15. The van der Waals surface area contributed by atoms with Crippen molar-refractivity contribution in [3.05, 3.63) is 12.2 Å². The van der Waals surface area contributed by atoms with E-state index in [1.807, 2.05) is 0 Å². The van der Waals surface area contributed by atoms with Gasteiger partial charge in [-0.3, -0.25) is 4.79 Å². The van der Waals surface area contributed by atoms with Crippen LogP contribution in [-0.4, -0.2) is 12.6 Å². The molecular weight excluding hydrogens is 440 g/mol. The zero-order valence-corrected chi connectivity index (χ0v) is 25.0. The number of hydrogen-bond donors (Lipinski definition) is 0. The number of carbonyl (C=O) groups excluding carboxylic acids is 1. The monoisotopic (exact) mass is 507 g/mol. The SMILES string of the molecule is CCC/C=C/CCCOC(=O)CCCCCCCCCCCCCCCCCCCCCCCCC. The van der Waals surface area contributed by atoms with E-state index in [4.69, 9.17) is 4.74 Å². The van der Waals surface area contributed by atoms with Gasteiger partial charge in [-0.1, -0.05) is 174 Å². The van der Waals surface area contributed by atoms with Crippen LogP contribution >= 0.6 is 0 Å². The first-order chi connectivity index (χ1) is 17.8. The van der Waals surface area contributed by atoms with Crippen LogP contribution in [0.25, 0.3) is 0 Å². The van der Waals surface area contributed by atoms with E-state index in [0.717, 1.165) is 25.7 Å². The lowest BCUT2D eigenvalue weighted by atomic mass is 10.0. The van der Waals surface area contributed by atoms with E-state index in [0.29, 0.717) is 13.0 Å². The fraction of sp³-hybridized carbons (Fsp3) is 0.912. The molecule has 0 saturated carbocycles. The van der Waals surface area contributed by atoms with Crippen molar-refractivity contribution in [1.29, 1.82) is 0 Å². The zero-order valence-electron chi connectivity index (χ0n) is 25.0. The Morgan fingerprint density at radius 2 is 0.806 bits per heavy atom. The van der Waals surface area contributed by atoms with Crippen LogP contribution in [0.1, 0.15) is 194 Å². The first-order valence-electron chi connectivity index (χ1n) is 16.6. The van der Waals surface area contributed by atoms with Crippen molar-refractivity contribution in [2.75, 3.05) is 6.61 Å². The largest absolute Gasteiger partial charge is 0.466 e. The van der Waals surface area contributed by atoms with E-state index in [9.17, 15) is 4.79 Å². The molecule has 2 nitrogen and oxygen atoms in total. The minimum absolute atomic E-state index is 0.00367. The number of hydrogen-bond acceptors (Lipinski definition) is 2. The van der Waals surface area contributed by atoms with Gasteiger partial charge in [0.2, 0.25) is 0 Å². The Morgan fingerprint density at radius 1 is 0.444 bits per heavy atom. The molecule has 0 fully saturated rings. The molecule has 0 rings (SSSR count). The van der Waals surface area contributed by atoms with Crippen LogP contribution in [0.15, 0.2) is 12.2 Å². The van der Waals surface area contributed by atoms with Gasteiger partial charge in [0, 0.05) is 6.42 Å². The molecule has 0 bridgehead atoms. The topological polar surface area (TPSA) is 26.3 Å². The van der Waals surface area contributed by atoms with Gasteiger partial charge in [-0.2, -0.15) is 0 Å². The molecule has 0 atom stereocenters. The van der Waals surface area contributed by atoms with Gasteiger partial charge in [-0.05, 0) is 25.7 Å². The van der Waals surface area contributed by atoms with Crippen molar-refractivity contribution in [2.45, 2.75) is 194 Å². The van der Waals surface area contributed by atoms with Crippen LogP contribution in [0, 0.1) is 0 Å². The molecule has 0 aliphatic heterocycles. The van der Waals surface area contributed by atoms with Crippen LogP contribution in [0.4, 0.5) is 0 Å². The van der Waals surface area contributed by atoms with Crippen molar-refractivity contribution in [1.82, 2.24) is 0 Å². The minimum atomic E-state index is -0.00367. The highest BCUT2D eigenvalue weighted by atomic mass is 16.5. The van der Waals surface area contributed by atoms with Gasteiger partial charge < -0.3 is 4.74 Å². The van der Waals surface area contributed by atoms with Crippen LogP contribution < -0.4 is 0 Å². The molecule has 0 saturated heterocycles. The van der Waals surface area contributed by atoms with Crippen molar-refractivity contribution in [3.8, 4) is 0 Å². The van der Waals surface area contributed by atoms with Gasteiger partial charge >= 0.3 is 5.97 Å². The molecule has 0 N–H and O–H groups in total. The first kappa shape index (κ1) is 35.2. The number of rotatable bonds is 30. The van der Waals surface area contributed by atoms with E-state index in [2.05, 4.69) is 26.0 Å². The summed E-state index contributed by atoms with van der Waals surface area (Å²) in [5.41, 5.74) is 0. The summed E-state index contributed by atoms with van der Waals surface area (Å²) in [6.07, 6.45) is 41.5. The van der Waals surface area contributed by atoms with E-state index in [-0.39, 0.29) is 5.97 Å². The maximum atomic E-state index is 11.8. The number of carbonyl (C=O) groups is 1. The molecule has 0 aliphatic carbocycles. The molecule has 0 aliphatic rings. The van der Waals surface area contributed by atoms with E-state index >= 15 is 0 Å². The van der Waals surface area contributed by atoms with E-state index < -0.39 is 0 Å². The van der Waals surface area contributed by atoms with Gasteiger partial charge in [-0.15, -0.1) is 0 Å². The molecule has 0 aromatic carbocycles. The quantitative estimate of drug-likeness (QED) is 0.0550. The Morgan fingerprint density at radius 3 is 1.19 bits per heavy atom. The lowest BCUT2D eigenvalue weighted by Crippen LogP contribution is -2.05. The van der Waals surface area contributed by atoms with Crippen LogP contribution in [-0.2, 0) is 9.53 Å². The molecule has 0 heterocycles. The minimum Gasteiger partial charge on any atom is -0.466 e. The Kier molecular flexibility index (Phi) is 31.5.